The second-order valence-electron chi connectivity index (χ2n) is 5.31. The molecule has 0 saturated carbocycles. The Morgan fingerprint density at radius 3 is 2.55 bits per heavy atom. The molecule has 112 valence electrons. The van der Waals surface area contributed by atoms with E-state index in [1.165, 1.54) is 16.6 Å². The highest BCUT2D eigenvalue weighted by Crippen LogP contribution is 2.39. The quantitative estimate of drug-likeness (QED) is 0.925. The number of hydrogen-bond acceptors (Lipinski definition) is 3. The van der Waals surface area contributed by atoms with E-state index in [1.54, 1.807) is 0 Å². The smallest absolute Gasteiger partial charge is 0.266 e. The molecule has 1 aliphatic rings. The van der Waals surface area contributed by atoms with Crippen molar-refractivity contribution in [3.8, 4) is 0 Å². The normalized spacial score (nSPS) is 19.4. The van der Waals surface area contributed by atoms with Crippen LogP contribution in [0.2, 0.25) is 5.02 Å². The molecule has 1 fully saturated rings. The van der Waals surface area contributed by atoms with Crippen LogP contribution in [0, 0.1) is 5.41 Å². The summed E-state index contributed by atoms with van der Waals surface area (Å²) in [6.07, 6.45) is 4.00. The molecule has 1 aliphatic heterocycles. The molecular weight excluding hydrogens is 300 g/mol. The fourth-order valence-corrected chi connectivity index (χ4v) is 4.45. The number of nitrogens with one attached hydrogen (secondary N) is 1. The third-order valence-electron chi connectivity index (χ3n) is 4.37. The van der Waals surface area contributed by atoms with Crippen molar-refractivity contribution in [2.75, 3.05) is 13.1 Å². The topological polar surface area (TPSA) is 70.2 Å². The first-order chi connectivity index (χ1) is 9.34. The molecule has 1 saturated heterocycles. The molecule has 0 amide bonds. The molecule has 0 aromatic carbocycles. The van der Waals surface area contributed by atoms with Gasteiger partial charge in [0.2, 0.25) is 10.0 Å². The zero-order chi connectivity index (χ0) is 15.0. The largest absolute Gasteiger partial charge is 0.326 e. The van der Waals surface area contributed by atoms with Crippen molar-refractivity contribution >= 4 is 21.6 Å². The Bertz CT molecular complexity index is 650. The first-order valence-corrected chi connectivity index (χ1v) is 8.55. The maximum absolute atomic E-state index is 12.6. The van der Waals surface area contributed by atoms with E-state index >= 15 is 0 Å². The highest BCUT2D eigenvalue weighted by Gasteiger charge is 2.40. The molecule has 2 heterocycles. The Balaban J connectivity index is 2.32. The number of rotatable bonds is 4. The number of aromatic amines is 1. The molecule has 0 spiro atoms. The lowest BCUT2D eigenvalue weighted by molar-refractivity contribution is 0.279. The van der Waals surface area contributed by atoms with E-state index in [1.807, 2.05) is 0 Å². The van der Waals surface area contributed by atoms with Gasteiger partial charge in [-0.1, -0.05) is 25.4 Å². The van der Waals surface area contributed by atoms with Gasteiger partial charge in [0.05, 0.1) is 4.90 Å². The molecule has 2 rings (SSSR count). The Labute approximate surface area is 124 Å². The first-order valence-electron chi connectivity index (χ1n) is 6.73. The van der Waals surface area contributed by atoms with Gasteiger partial charge in [0.1, 0.15) is 5.02 Å². The number of aromatic nitrogens is 1. The maximum atomic E-state index is 12.6. The van der Waals surface area contributed by atoms with Crippen molar-refractivity contribution in [3.63, 3.8) is 0 Å². The van der Waals surface area contributed by atoms with Crippen molar-refractivity contribution in [3.05, 3.63) is 27.6 Å². The number of halogens is 1. The summed E-state index contributed by atoms with van der Waals surface area (Å²) >= 11 is 5.71. The third kappa shape index (κ3) is 2.64. The van der Waals surface area contributed by atoms with Crippen LogP contribution in [0.4, 0.5) is 0 Å². The number of hydrogen-bond donors (Lipinski definition) is 1. The van der Waals surface area contributed by atoms with Crippen LogP contribution in [-0.2, 0) is 10.0 Å². The minimum absolute atomic E-state index is 0.0464. The van der Waals surface area contributed by atoms with Gasteiger partial charge < -0.3 is 4.98 Å². The maximum Gasteiger partial charge on any atom is 0.266 e. The zero-order valence-electron chi connectivity index (χ0n) is 11.6. The van der Waals surface area contributed by atoms with Crippen molar-refractivity contribution in [1.82, 2.24) is 9.29 Å². The number of sulfonamides is 1. The van der Waals surface area contributed by atoms with Gasteiger partial charge >= 0.3 is 0 Å². The van der Waals surface area contributed by atoms with E-state index in [2.05, 4.69) is 18.8 Å². The van der Waals surface area contributed by atoms with Crippen LogP contribution in [0.5, 0.6) is 0 Å². The fourth-order valence-electron chi connectivity index (χ4n) is 2.66. The molecule has 0 atom stereocenters. The Morgan fingerprint density at radius 2 is 2.05 bits per heavy atom. The monoisotopic (exact) mass is 318 g/mol. The van der Waals surface area contributed by atoms with E-state index in [-0.39, 0.29) is 15.3 Å². The molecular formula is C13H19ClN2O3S. The van der Waals surface area contributed by atoms with Crippen LogP contribution in [0.1, 0.15) is 33.1 Å². The molecule has 1 aromatic rings. The van der Waals surface area contributed by atoms with Crippen LogP contribution in [0.25, 0.3) is 0 Å². The number of pyridine rings is 1. The van der Waals surface area contributed by atoms with Gasteiger partial charge in [0, 0.05) is 19.3 Å². The molecule has 1 aromatic heterocycles. The van der Waals surface area contributed by atoms with Crippen molar-refractivity contribution < 1.29 is 8.42 Å². The number of H-pyrrole nitrogens is 1. The molecule has 0 bridgehead atoms. The highest BCUT2D eigenvalue weighted by atomic mass is 35.5. The van der Waals surface area contributed by atoms with Crippen molar-refractivity contribution in [1.29, 1.82) is 0 Å². The van der Waals surface area contributed by atoms with E-state index < -0.39 is 15.6 Å². The standard InChI is InChI=1S/C13H19ClN2O3S/c1-3-13(4-2)5-6-16(9-13)20(18,19)10-7-11(14)12(17)15-8-10/h7-8H,3-6,9H2,1-2H3,(H,15,17). The SMILES string of the molecule is CCC1(CC)CCN(S(=O)(=O)c2c[nH]c(=O)c(Cl)c2)C1. The van der Waals surface area contributed by atoms with Crippen LogP contribution < -0.4 is 5.56 Å². The highest BCUT2D eigenvalue weighted by molar-refractivity contribution is 7.89. The summed E-state index contributed by atoms with van der Waals surface area (Å²) < 4.78 is 26.6. The summed E-state index contributed by atoms with van der Waals surface area (Å²) in [5.41, 5.74) is -0.414. The molecule has 0 unspecified atom stereocenters. The molecule has 0 radical (unpaired) electrons. The Kier molecular flexibility index (Phi) is 4.27. The molecule has 20 heavy (non-hydrogen) atoms. The summed E-state index contributed by atoms with van der Waals surface area (Å²) in [4.78, 5) is 13.6. The molecule has 7 heteroatoms. The predicted molar refractivity (Wildman–Crippen MR) is 78.5 cm³/mol. The van der Waals surface area contributed by atoms with Crippen molar-refractivity contribution in [2.45, 2.75) is 38.0 Å². The lowest BCUT2D eigenvalue weighted by Gasteiger charge is -2.26. The zero-order valence-corrected chi connectivity index (χ0v) is 13.2. The Hall–Kier alpha value is -0.850. The summed E-state index contributed by atoms with van der Waals surface area (Å²) in [5.74, 6) is 0. The van der Waals surface area contributed by atoms with E-state index in [4.69, 9.17) is 11.6 Å². The molecule has 5 nitrogen and oxygen atoms in total. The summed E-state index contributed by atoms with van der Waals surface area (Å²) in [5, 5.41) is -0.109. The van der Waals surface area contributed by atoms with Crippen LogP contribution in [0.3, 0.4) is 0 Å². The molecule has 1 N–H and O–H groups in total. The van der Waals surface area contributed by atoms with Gasteiger partial charge in [0.15, 0.2) is 0 Å². The summed E-state index contributed by atoms with van der Waals surface area (Å²) in [6.45, 7) is 5.23. The predicted octanol–water partition coefficient (Wildman–Crippen LogP) is 2.23. The van der Waals surface area contributed by atoms with Gasteiger partial charge in [-0.15, -0.1) is 0 Å². The van der Waals surface area contributed by atoms with Gasteiger partial charge in [-0.2, -0.15) is 4.31 Å². The van der Waals surface area contributed by atoms with Crippen LogP contribution >= 0.6 is 11.6 Å². The second kappa shape index (κ2) is 5.50. The fraction of sp³-hybridized carbons (Fsp3) is 0.615. The van der Waals surface area contributed by atoms with E-state index in [0.717, 1.165) is 19.3 Å². The van der Waals surface area contributed by atoms with Gasteiger partial charge in [-0.25, -0.2) is 8.42 Å². The first kappa shape index (κ1) is 15.5. The van der Waals surface area contributed by atoms with Gasteiger partial charge in [-0.3, -0.25) is 4.79 Å². The third-order valence-corrected chi connectivity index (χ3v) is 6.48. The average molecular weight is 319 g/mol. The van der Waals surface area contributed by atoms with Crippen molar-refractivity contribution in [2.24, 2.45) is 5.41 Å². The number of nitrogens with zero attached hydrogens (tertiary/aromatic N) is 1. The second-order valence-corrected chi connectivity index (χ2v) is 7.65. The van der Waals surface area contributed by atoms with Crippen LogP contribution in [0.15, 0.2) is 22.0 Å². The van der Waals surface area contributed by atoms with Gasteiger partial charge in [-0.05, 0) is 30.7 Å². The average Bonchev–Trinajstić information content (AvgIpc) is 2.87. The summed E-state index contributed by atoms with van der Waals surface area (Å²) in [6, 6.07) is 1.22. The minimum atomic E-state index is -3.59. The van der Waals surface area contributed by atoms with E-state index in [0.29, 0.717) is 13.1 Å². The summed E-state index contributed by atoms with van der Waals surface area (Å²) in [7, 11) is -3.59. The molecule has 0 aliphatic carbocycles. The van der Waals surface area contributed by atoms with E-state index in [9.17, 15) is 13.2 Å². The lowest BCUT2D eigenvalue weighted by atomic mass is 9.82. The Morgan fingerprint density at radius 1 is 1.40 bits per heavy atom. The lowest BCUT2D eigenvalue weighted by Crippen LogP contribution is -2.32. The minimum Gasteiger partial charge on any atom is -0.326 e. The van der Waals surface area contributed by atoms with Crippen LogP contribution in [-0.4, -0.2) is 30.8 Å². The van der Waals surface area contributed by atoms with Gasteiger partial charge in [0.25, 0.3) is 5.56 Å².